The minimum Gasteiger partial charge on any atom is -0.368 e. The summed E-state index contributed by atoms with van der Waals surface area (Å²) in [5.41, 5.74) is 6.01. The van der Waals surface area contributed by atoms with Crippen molar-refractivity contribution < 1.29 is 14.0 Å². The van der Waals surface area contributed by atoms with Crippen LogP contribution in [0, 0.1) is 5.82 Å². The highest BCUT2D eigenvalue weighted by atomic mass is 32.2. The van der Waals surface area contributed by atoms with Crippen molar-refractivity contribution in [3.8, 4) is 0 Å². The van der Waals surface area contributed by atoms with Gasteiger partial charge in [-0.2, -0.15) is 0 Å². The Morgan fingerprint density at radius 3 is 2.46 bits per heavy atom. The molecule has 0 saturated carbocycles. The molecule has 24 heavy (non-hydrogen) atoms. The van der Waals surface area contributed by atoms with Crippen LogP contribution in [-0.2, 0) is 9.59 Å². The molecule has 0 aromatic heterocycles. The zero-order valence-electron chi connectivity index (χ0n) is 13.1. The monoisotopic (exact) mass is 344 g/mol. The third-order valence-corrected chi connectivity index (χ3v) is 5.77. The maximum Gasteiger partial charge on any atom is 0.249 e. The van der Waals surface area contributed by atoms with E-state index < -0.39 is 28.3 Å². The molecule has 1 fully saturated rings. The van der Waals surface area contributed by atoms with Crippen LogP contribution in [0.5, 0.6) is 0 Å². The zero-order chi connectivity index (χ0) is 17.3. The van der Waals surface area contributed by atoms with Crippen molar-refractivity contribution in [1.29, 1.82) is 0 Å². The highest BCUT2D eigenvalue weighted by molar-refractivity contribution is 8.02. The van der Waals surface area contributed by atoms with E-state index in [-0.39, 0.29) is 6.54 Å². The lowest BCUT2D eigenvalue weighted by Gasteiger charge is -2.29. The Morgan fingerprint density at radius 1 is 1.21 bits per heavy atom. The van der Waals surface area contributed by atoms with E-state index >= 15 is 0 Å². The number of carbonyl (C=O) groups is 2. The third-order valence-electron chi connectivity index (χ3n) is 4.28. The normalized spacial score (nSPS) is 23.5. The molecule has 124 valence electrons. The fourth-order valence-corrected chi connectivity index (χ4v) is 4.46. The van der Waals surface area contributed by atoms with Crippen molar-refractivity contribution in [1.82, 2.24) is 4.90 Å². The number of thioether (sulfide) groups is 1. The van der Waals surface area contributed by atoms with Gasteiger partial charge in [-0.3, -0.25) is 9.59 Å². The molecule has 0 spiro atoms. The van der Waals surface area contributed by atoms with Gasteiger partial charge in [0, 0.05) is 24.4 Å². The van der Waals surface area contributed by atoms with E-state index in [1.54, 1.807) is 37.4 Å². The zero-order valence-corrected chi connectivity index (χ0v) is 13.9. The van der Waals surface area contributed by atoms with Crippen molar-refractivity contribution >= 4 is 23.6 Å². The Morgan fingerprint density at radius 2 is 1.83 bits per heavy atom. The molecule has 2 aromatic carbocycles. The van der Waals surface area contributed by atoms with E-state index in [2.05, 4.69) is 0 Å². The van der Waals surface area contributed by atoms with Gasteiger partial charge in [0.25, 0.3) is 0 Å². The molecule has 1 aliphatic heterocycles. The number of likely N-dealkylation sites (tertiary alicyclic amines) is 1. The predicted molar refractivity (Wildman–Crippen MR) is 91.0 cm³/mol. The van der Waals surface area contributed by atoms with E-state index in [1.165, 1.54) is 11.0 Å². The van der Waals surface area contributed by atoms with E-state index in [9.17, 15) is 14.0 Å². The molecule has 2 aromatic rings. The number of benzene rings is 2. The SMILES string of the molecule is CN1CC(c2ccccc2F)C(Sc2ccccc2)(C(N)=O)C1=O. The molecule has 0 bridgehead atoms. The molecule has 1 aliphatic rings. The summed E-state index contributed by atoms with van der Waals surface area (Å²) in [6.07, 6.45) is 0. The summed E-state index contributed by atoms with van der Waals surface area (Å²) in [6, 6.07) is 15.3. The highest BCUT2D eigenvalue weighted by Gasteiger charge is 2.59. The number of halogens is 1. The largest absolute Gasteiger partial charge is 0.368 e. The summed E-state index contributed by atoms with van der Waals surface area (Å²) in [4.78, 5) is 27.4. The van der Waals surface area contributed by atoms with E-state index in [0.717, 1.165) is 16.7 Å². The van der Waals surface area contributed by atoms with Crippen molar-refractivity contribution in [2.75, 3.05) is 13.6 Å². The van der Waals surface area contributed by atoms with Crippen LogP contribution in [0.25, 0.3) is 0 Å². The quantitative estimate of drug-likeness (QED) is 0.866. The summed E-state index contributed by atoms with van der Waals surface area (Å²) >= 11 is 1.10. The molecule has 2 amide bonds. The topological polar surface area (TPSA) is 63.4 Å². The number of hydrogen-bond donors (Lipinski definition) is 1. The minimum atomic E-state index is -1.56. The Hall–Kier alpha value is -2.34. The fraction of sp³-hybridized carbons (Fsp3) is 0.222. The first-order chi connectivity index (χ1) is 11.5. The van der Waals surface area contributed by atoms with Gasteiger partial charge in [0.1, 0.15) is 5.82 Å². The van der Waals surface area contributed by atoms with E-state index in [4.69, 9.17) is 5.73 Å². The van der Waals surface area contributed by atoms with Gasteiger partial charge in [-0.05, 0) is 23.8 Å². The second kappa shape index (κ2) is 6.28. The van der Waals surface area contributed by atoms with Gasteiger partial charge in [-0.25, -0.2) is 4.39 Å². The second-order valence-electron chi connectivity index (χ2n) is 5.77. The maximum absolute atomic E-state index is 14.3. The van der Waals surface area contributed by atoms with Gasteiger partial charge in [0.2, 0.25) is 11.8 Å². The molecule has 0 radical (unpaired) electrons. The number of primary amides is 1. The van der Waals surface area contributed by atoms with Crippen molar-refractivity contribution in [2.45, 2.75) is 15.6 Å². The molecule has 2 N–H and O–H groups in total. The molecule has 6 heteroatoms. The third kappa shape index (κ3) is 2.57. The van der Waals surface area contributed by atoms with Crippen molar-refractivity contribution in [2.24, 2.45) is 5.73 Å². The van der Waals surface area contributed by atoms with Gasteiger partial charge in [0.05, 0.1) is 0 Å². The van der Waals surface area contributed by atoms with Gasteiger partial charge >= 0.3 is 0 Å². The van der Waals surface area contributed by atoms with E-state index in [0.29, 0.717) is 5.56 Å². The maximum atomic E-state index is 14.3. The number of hydrogen-bond acceptors (Lipinski definition) is 3. The van der Waals surface area contributed by atoms with Gasteiger partial charge in [0.15, 0.2) is 4.75 Å². The number of amides is 2. The number of nitrogens with zero attached hydrogens (tertiary/aromatic N) is 1. The first kappa shape index (κ1) is 16.5. The first-order valence-corrected chi connectivity index (χ1v) is 8.32. The Kier molecular flexibility index (Phi) is 4.32. The van der Waals surface area contributed by atoms with Crippen LogP contribution in [0.15, 0.2) is 59.5 Å². The molecule has 2 unspecified atom stereocenters. The molecular formula is C18H17FN2O2S. The molecule has 2 atom stereocenters. The molecular weight excluding hydrogens is 327 g/mol. The minimum absolute atomic E-state index is 0.239. The lowest BCUT2D eigenvalue weighted by atomic mass is 9.86. The molecule has 1 saturated heterocycles. The van der Waals surface area contributed by atoms with Gasteiger partial charge in [-0.1, -0.05) is 48.2 Å². The lowest BCUT2D eigenvalue weighted by Crippen LogP contribution is -2.50. The summed E-state index contributed by atoms with van der Waals surface area (Å²) in [7, 11) is 1.60. The highest BCUT2D eigenvalue weighted by Crippen LogP contribution is 2.49. The average molecular weight is 344 g/mol. The molecule has 0 aliphatic carbocycles. The van der Waals surface area contributed by atoms with Gasteiger partial charge < -0.3 is 10.6 Å². The number of nitrogens with two attached hydrogens (primary N) is 1. The Labute approximate surface area is 143 Å². The first-order valence-electron chi connectivity index (χ1n) is 7.50. The van der Waals surface area contributed by atoms with Crippen LogP contribution in [0.2, 0.25) is 0 Å². The van der Waals surface area contributed by atoms with Crippen molar-refractivity contribution in [3.63, 3.8) is 0 Å². The molecule has 1 heterocycles. The van der Waals surface area contributed by atoms with Crippen LogP contribution in [0.1, 0.15) is 11.5 Å². The Balaban J connectivity index is 2.14. The summed E-state index contributed by atoms with van der Waals surface area (Å²) in [6.45, 7) is 0.239. The van der Waals surface area contributed by atoms with Gasteiger partial charge in [-0.15, -0.1) is 0 Å². The summed E-state index contributed by atoms with van der Waals surface area (Å²) in [5.74, 6) is -2.24. The molecule has 4 nitrogen and oxygen atoms in total. The number of carbonyl (C=O) groups excluding carboxylic acids is 2. The van der Waals surface area contributed by atoms with Crippen molar-refractivity contribution in [3.05, 3.63) is 66.0 Å². The van der Waals surface area contributed by atoms with Crippen LogP contribution >= 0.6 is 11.8 Å². The molecule has 3 rings (SSSR count). The van der Waals surface area contributed by atoms with Crippen LogP contribution in [0.3, 0.4) is 0 Å². The fourth-order valence-electron chi connectivity index (χ4n) is 3.11. The second-order valence-corrected chi connectivity index (χ2v) is 7.09. The predicted octanol–water partition coefficient (Wildman–Crippen LogP) is 2.40. The smallest absolute Gasteiger partial charge is 0.249 e. The summed E-state index contributed by atoms with van der Waals surface area (Å²) in [5, 5.41) is 0. The van der Waals surface area contributed by atoms with Crippen LogP contribution in [0.4, 0.5) is 4.39 Å². The lowest BCUT2D eigenvalue weighted by molar-refractivity contribution is -0.133. The van der Waals surface area contributed by atoms with Crippen LogP contribution in [-0.4, -0.2) is 35.1 Å². The standard InChI is InChI=1S/C18H17FN2O2S/c1-21-11-14(13-9-5-6-10-15(13)19)18(16(20)22,17(21)23)24-12-7-3-2-4-8-12/h2-10,14H,11H2,1H3,(H2,20,22). The van der Waals surface area contributed by atoms with Crippen LogP contribution < -0.4 is 5.73 Å². The number of rotatable bonds is 4. The summed E-state index contributed by atoms with van der Waals surface area (Å²) < 4.78 is 12.8. The Bertz CT molecular complexity index is 784. The number of likely N-dealkylation sites (N-methyl/N-ethyl adjacent to an activating group) is 1. The average Bonchev–Trinajstić information content (AvgIpc) is 2.82. The van der Waals surface area contributed by atoms with E-state index in [1.807, 2.05) is 18.2 Å².